The van der Waals surface area contributed by atoms with Crippen molar-refractivity contribution in [3.63, 3.8) is 0 Å². The second-order valence-corrected chi connectivity index (χ2v) is 6.18. The summed E-state index contributed by atoms with van der Waals surface area (Å²) in [5.74, 6) is 0.267. The molecule has 1 saturated heterocycles. The van der Waals surface area contributed by atoms with E-state index in [-0.39, 0.29) is 5.78 Å². The van der Waals surface area contributed by atoms with E-state index < -0.39 is 0 Å². The van der Waals surface area contributed by atoms with E-state index in [1.807, 2.05) is 26.0 Å². The molecule has 1 aliphatic heterocycles. The quantitative estimate of drug-likeness (QED) is 0.788. The highest BCUT2D eigenvalue weighted by Gasteiger charge is 2.20. The van der Waals surface area contributed by atoms with Gasteiger partial charge in [0.25, 0.3) is 0 Å². The van der Waals surface area contributed by atoms with Crippen molar-refractivity contribution in [2.24, 2.45) is 0 Å². The Morgan fingerprint density at radius 3 is 2.45 bits per heavy atom. The fraction of sp³-hybridized carbons (Fsp3) is 0.588. The second-order valence-electron chi connectivity index (χ2n) is 6.18. The maximum absolute atomic E-state index is 12.3. The van der Waals surface area contributed by atoms with Gasteiger partial charge in [-0.25, -0.2) is 0 Å². The minimum atomic E-state index is 0.267. The lowest BCUT2D eigenvalue weighted by molar-refractivity contribution is 0.0873. The van der Waals surface area contributed by atoms with Crippen molar-refractivity contribution < 1.29 is 4.79 Å². The van der Waals surface area contributed by atoms with Gasteiger partial charge in [0.1, 0.15) is 0 Å². The van der Waals surface area contributed by atoms with E-state index in [1.54, 1.807) is 0 Å². The molecule has 1 atom stereocenters. The van der Waals surface area contributed by atoms with Gasteiger partial charge in [-0.2, -0.15) is 0 Å². The lowest BCUT2D eigenvalue weighted by atomic mass is 10.0. The van der Waals surface area contributed by atoms with E-state index in [4.69, 9.17) is 0 Å². The Hall–Kier alpha value is -1.19. The SMILES string of the molecule is Cc1cc(C)cc(C(=O)CCN2CCN(C)C(C)C2)c1. The average Bonchev–Trinajstić information content (AvgIpc) is 2.38. The lowest BCUT2D eigenvalue weighted by Gasteiger charge is -2.37. The van der Waals surface area contributed by atoms with Crippen LogP contribution in [0.2, 0.25) is 0 Å². The Balaban J connectivity index is 1.89. The zero-order valence-electron chi connectivity index (χ0n) is 13.1. The first-order valence-corrected chi connectivity index (χ1v) is 7.50. The average molecular weight is 274 g/mol. The van der Waals surface area contributed by atoms with Crippen LogP contribution in [0, 0.1) is 13.8 Å². The van der Waals surface area contributed by atoms with Crippen molar-refractivity contribution >= 4 is 5.78 Å². The third kappa shape index (κ3) is 3.90. The molecule has 3 heteroatoms. The number of carbonyl (C=O) groups excluding carboxylic acids is 1. The van der Waals surface area contributed by atoms with E-state index in [2.05, 4.69) is 29.8 Å². The number of benzene rings is 1. The van der Waals surface area contributed by atoms with Crippen LogP contribution in [0.1, 0.15) is 34.8 Å². The van der Waals surface area contributed by atoms with Gasteiger partial charge in [-0.3, -0.25) is 4.79 Å². The van der Waals surface area contributed by atoms with Gasteiger partial charge in [0.15, 0.2) is 5.78 Å². The molecule has 0 bridgehead atoms. The topological polar surface area (TPSA) is 23.6 Å². The number of rotatable bonds is 4. The van der Waals surface area contributed by atoms with Gasteiger partial charge < -0.3 is 9.80 Å². The molecule has 3 nitrogen and oxygen atoms in total. The van der Waals surface area contributed by atoms with Crippen molar-refractivity contribution in [1.82, 2.24) is 9.80 Å². The number of hydrogen-bond donors (Lipinski definition) is 0. The number of carbonyl (C=O) groups is 1. The van der Waals surface area contributed by atoms with Gasteiger partial charge in [-0.15, -0.1) is 0 Å². The monoisotopic (exact) mass is 274 g/mol. The molecule has 1 aromatic rings. The molecular formula is C17H26N2O. The van der Waals surface area contributed by atoms with Crippen LogP contribution in [0.5, 0.6) is 0 Å². The van der Waals surface area contributed by atoms with E-state index >= 15 is 0 Å². The normalized spacial score (nSPS) is 21.1. The molecule has 0 N–H and O–H groups in total. The highest BCUT2D eigenvalue weighted by Crippen LogP contribution is 2.13. The van der Waals surface area contributed by atoms with Gasteiger partial charge >= 0.3 is 0 Å². The molecule has 1 aliphatic rings. The van der Waals surface area contributed by atoms with Gasteiger partial charge in [0.2, 0.25) is 0 Å². The lowest BCUT2D eigenvalue weighted by Crippen LogP contribution is -2.50. The summed E-state index contributed by atoms with van der Waals surface area (Å²) in [7, 11) is 2.17. The number of piperazine rings is 1. The number of nitrogens with zero attached hydrogens (tertiary/aromatic N) is 2. The van der Waals surface area contributed by atoms with Crippen molar-refractivity contribution in [2.75, 3.05) is 33.2 Å². The van der Waals surface area contributed by atoms with E-state index in [9.17, 15) is 4.79 Å². The first-order chi connectivity index (χ1) is 9.45. The summed E-state index contributed by atoms with van der Waals surface area (Å²) < 4.78 is 0. The fourth-order valence-electron chi connectivity index (χ4n) is 2.87. The van der Waals surface area contributed by atoms with Crippen LogP contribution in [-0.4, -0.2) is 54.9 Å². The molecular weight excluding hydrogens is 248 g/mol. The molecule has 0 radical (unpaired) electrons. The summed E-state index contributed by atoms with van der Waals surface area (Å²) in [6, 6.07) is 6.70. The summed E-state index contributed by atoms with van der Waals surface area (Å²) >= 11 is 0. The Bertz CT molecular complexity index is 464. The van der Waals surface area contributed by atoms with Crippen molar-refractivity contribution in [1.29, 1.82) is 0 Å². The first kappa shape index (κ1) is 15.2. The van der Waals surface area contributed by atoms with E-state index in [0.717, 1.165) is 31.7 Å². The van der Waals surface area contributed by atoms with E-state index in [0.29, 0.717) is 12.5 Å². The summed E-state index contributed by atoms with van der Waals surface area (Å²) in [6.07, 6.45) is 0.624. The summed E-state index contributed by atoms with van der Waals surface area (Å²) in [5, 5.41) is 0. The summed E-state index contributed by atoms with van der Waals surface area (Å²) in [4.78, 5) is 17.1. The fourth-order valence-corrected chi connectivity index (χ4v) is 2.87. The van der Waals surface area contributed by atoms with Crippen LogP contribution < -0.4 is 0 Å². The Labute approximate surface area is 122 Å². The zero-order valence-corrected chi connectivity index (χ0v) is 13.1. The Morgan fingerprint density at radius 2 is 1.85 bits per heavy atom. The van der Waals surface area contributed by atoms with Crippen molar-refractivity contribution in [3.05, 3.63) is 34.9 Å². The molecule has 0 aliphatic carbocycles. The first-order valence-electron chi connectivity index (χ1n) is 7.50. The molecule has 1 heterocycles. The van der Waals surface area contributed by atoms with Crippen LogP contribution in [0.4, 0.5) is 0 Å². The van der Waals surface area contributed by atoms with Crippen LogP contribution in [-0.2, 0) is 0 Å². The van der Waals surface area contributed by atoms with Gasteiger partial charge in [-0.05, 0) is 40.0 Å². The number of hydrogen-bond acceptors (Lipinski definition) is 3. The molecule has 0 spiro atoms. The molecule has 2 rings (SSSR count). The molecule has 110 valence electrons. The number of likely N-dealkylation sites (N-methyl/N-ethyl adjacent to an activating group) is 1. The third-order valence-electron chi connectivity index (χ3n) is 4.24. The van der Waals surface area contributed by atoms with Crippen LogP contribution in [0.25, 0.3) is 0 Å². The number of aryl methyl sites for hydroxylation is 2. The third-order valence-corrected chi connectivity index (χ3v) is 4.24. The molecule has 0 aromatic heterocycles. The van der Waals surface area contributed by atoms with Crippen molar-refractivity contribution in [2.45, 2.75) is 33.2 Å². The van der Waals surface area contributed by atoms with Gasteiger partial charge in [-0.1, -0.05) is 17.2 Å². The van der Waals surface area contributed by atoms with Crippen molar-refractivity contribution in [3.8, 4) is 0 Å². The standard InChI is InChI=1S/C17H26N2O/c1-13-9-14(2)11-16(10-13)17(20)5-6-19-8-7-18(4)15(3)12-19/h9-11,15H,5-8,12H2,1-4H3. The molecule has 1 aromatic carbocycles. The second kappa shape index (κ2) is 6.51. The summed E-state index contributed by atoms with van der Waals surface area (Å²) in [6.45, 7) is 10.5. The van der Waals surface area contributed by atoms with Crippen LogP contribution in [0.3, 0.4) is 0 Å². The molecule has 1 unspecified atom stereocenters. The largest absolute Gasteiger partial charge is 0.301 e. The smallest absolute Gasteiger partial charge is 0.164 e. The molecule has 0 saturated carbocycles. The Morgan fingerprint density at radius 1 is 1.20 bits per heavy atom. The molecule has 1 fully saturated rings. The predicted molar refractivity (Wildman–Crippen MR) is 83.4 cm³/mol. The predicted octanol–water partition coefficient (Wildman–Crippen LogP) is 2.51. The summed E-state index contributed by atoms with van der Waals surface area (Å²) in [5.41, 5.74) is 3.20. The van der Waals surface area contributed by atoms with Gasteiger partial charge in [0, 0.05) is 44.2 Å². The highest BCUT2D eigenvalue weighted by molar-refractivity contribution is 5.96. The number of Topliss-reactive ketones (excluding diaryl/α,β-unsaturated/α-hetero) is 1. The van der Waals surface area contributed by atoms with Crippen LogP contribution >= 0.6 is 0 Å². The maximum atomic E-state index is 12.3. The van der Waals surface area contributed by atoms with Gasteiger partial charge in [0.05, 0.1) is 0 Å². The highest BCUT2D eigenvalue weighted by atomic mass is 16.1. The van der Waals surface area contributed by atoms with Crippen LogP contribution in [0.15, 0.2) is 18.2 Å². The number of ketones is 1. The molecule has 0 amide bonds. The Kier molecular flexibility index (Phi) is 4.95. The minimum Gasteiger partial charge on any atom is -0.301 e. The maximum Gasteiger partial charge on any atom is 0.164 e. The minimum absolute atomic E-state index is 0.267. The molecule has 20 heavy (non-hydrogen) atoms. The zero-order chi connectivity index (χ0) is 14.7. The van der Waals surface area contributed by atoms with E-state index in [1.165, 1.54) is 11.1 Å².